The standard InChI is InChI=1S/C20H28O2/c1-19-9-4-3-5-14(19)6-7-15-16(19)8-10-20(2)17(15)11-13(12-21)18(20)22/h6,12,15-17,21H,3-5,7-11H2,1-2H3/t15-,16-,17+,19+,20+/m1/s1. The minimum atomic E-state index is -0.216. The number of hydrogen-bond donors (Lipinski definition) is 1. The number of rotatable bonds is 0. The Hall–Kier alpha value is -1.05. The van der Waals surface area contributed by atoms with Gasteiger partial charge >= 0.3 is 0 Å². The number of carbonyl (C=O) groups is 1. The molecule has 3 saturated carbocycles. The second kappa shape index (κ2) is 4.72. The third-order valence-electron chi connectivity index (χ3n) is 7.81. The Labute approximate surface area is 133 Å². The quantitative estimate of drug-likeness (QED) is 0.390. The van der Waals surface area contributed by atoms with E-state index in [1.165, 1.54) is 32.1 Å². The van der Waals surface area contributed by atoms with Crippen LogP contribution in [0, 0.1) is 28.6 Å². The van der Waals surface area contributed by atoms with Gasteiger partial charge in [-0.25, -0.2) is 0 Å². The Morgan fingerprint density at radius 1 is 1.18 bits per heavy atom. The molecular formula is C20H28O2. The van der Waals surface area contributed by atoms with Gasteiger partial charge in [-0.3, -0.25) is 4.79 Å². The zero-order chi connectivity index (χ0) is 15.5. The molecule has 0 amide bonds. The van der Waals surface area contributed by atoms with Crippen LogP contribution in [0.2, 0.25) is 0 Å². The van der Waals surface area contributed by atoms with Gasteiger partial charge < -0.3 is 5.11 Å². The van der Waals surface area contributed by atoms with Gasteiger partial charge in [-0.1, -0.05) is 31.9 Å². The first-order valence-corrected chi connectivity index (χ1v) is 9.08. The molecule has 1 N–H and O–H groups in total. The van der Waals surface area contributed by atoms with E-state index in [1.54, 1.807) is 5.57 Å². The van der Waals surface area contributed by atoms with Crippen molar-refractivity contribution in [3.8, 4) is 0 Å². The number of hydrogen-bond acceptors (Lipinski definition) is 2. The molecule has 5 atom stereocenters. The van der Waals surface area contributed by atoms with Crippen molar-refractivity contribution >= 4 is 5.78 Å². The van der Waals surface area contributed by atoms with E-state index < -0.39 is 0 Å². The average Bonchev–Trinajstić information content (AvgIpc) is 2.78. The zero-order valence-corrected chi connectivity index (χ0v) is 13.9. The average molecular weight is 300 g/mol. The van der Waals surface area contributed by atoms with Gasteiger partial charge in [0.2, 0.25) is 0 Å². The van der Waals surface area contributed by atoms with Gasteiger partial charge in [0.1, 0.15) is 0 Å². The lowest BCUT2D eigenvalue weighted by atomic mass is 9.48. The summed E-state index contributed by atoms with van der Waals surface area (Å²) in [7, 11) is 0. The lowest BCUT2D eigenvalue weighted by Gasteiger charge is -2.56. The van der Waals surface area contributed by atoms with E-state index in [1.807, 2.05) is 0 Å². The Morgan fingerprint density at radius 2 is 2.00 bits per heavy atom. The van der Waals surface area contributed by atoms with Crippen LogP contribution in [-0.2, 0) is 4.79 Å². The fourth-order valence-electron chi connectivity index (χ4n) is 6.48. The van der Waals surface area contributed by atoms with Crippen molar-refractivity contribution in [2.75, 3.05) is 0 Å². The van der Waals surface area contributed by atoms with Gasteiger partial charge in [0.15, 0.2) is 5.78 Å². The fourth-order valence-corrected chi connectivity index (χ4v) is 6.48. The fraction of sp³-hybridized carbons (Fsp3) is 0.750. The number of allylic oxidation sites excluding steroid dienone is 3. The van der Waals surface area contributed by atoms with Crippen LogP contribution in [0.3, 0.4) is 0 Å². The summed E-state index contributed by atoms with van der Waals surface area (Å²) in [5.74, 6) is 2.04. The largest absolute Gasteiger partial charge is 0.515 e. The van der Waals surface area contributed by atoms with Gasteiger partial charge in [0.05, 0.1) is 6.26 Å². The van der Waals surface area contributed by atoms with Crippen molar-refractivity contribution in [3.63, 3.8) is 0 Å². The summed E-state index contributed by atoms with van der Waals surface area (Å²) < 4.78 is 0. The number of fused-ring (bicyclic) bond motifs is 5. The van der Waals surface area contributed by atoms with Crippen molar-refractivity contribution < 1.29 is 9.90 Å². The SMILES string of the molecule is C[C@]12CCCCC1=CC[C@@H]1[C@H]2CC[C@]2(C)C(=O)C(=CO)C[C@@H]12. The number of aliphatic hydroxyl groups excluding tert-OH is 1. The third kappa shape index (κ3) is 1.70. The van der Waals surface area contributed by atoms with Crippen molar-refractivity contribution in [1.82, 2.24) is 0 Å². The van der Waals surface area contributed by atoms with Gasteiger partial charge in [0.25, 0.3) is 0 Å². The summed E-state index contributed by atoms with van der Waals surface area (Å²) in [4.78, 5) is 12.7. The topological polar surface area (TPSA) is 37.3 Å². The Bertz CT molecular complexity index is 572. The van der Waals surface area contributed by atoms with E-state index in [9.17, 15) is 9.90 Å². The summed E-state index contributed by atoms with van der Waals surface area (Å²) >= 11 is 0. The molecule has 120 valence electrons. The minimum absolute atomic E-state index is 0.216. The number of aliphatic hydroxyl groups is 1. The molecule has 0 heterocycles. The highest BCUT2D eigenvalue weighted by atomic mass is 16.2. The number of ketones is 1. The Balaban J connectivity index is 1.73. The maximum Gasteiger partial charge on any atom is 0.168 e. The molecule has 0 aliphatic heterocycles. The highest BCUT2D eigenvalue weighted by molar-refractivity contribution is 6.02. The first kappa shape index (κ1) is 14.5. The molecule has 0 aromatic heterocycles. The minimum Gasteiger partial charge on any atom is -0.515 e. The van der Waals surface area contributed by atoms with Gasteiger partial charge in [0, 0.05) is 11.0 Å². The van der Waals surface area contributed by atoms with Crippen LogP contribution in [-0.4, -0.2) is 10.9 Å². The smallest absolute Gasteiger partial charge is 0.168 e. The molecular weight excluding hydrogens is 272 g/mol. The maximum atomic E-state index is 12.7. The first-order chi connectivity index (χ1) is 10.5. The monoisotopic (exact) mass is 300 g/mol. The number of Topliss-reactive ketones (excluding diaryl/α,β-unsaturated/α-hetero) is 1. The molecule has 0 bridgehead atoms. The van der Waals surface area contributed by atoms with Crippen LogP contribution < -0.4 is 0 Å². The molecule has 0 unspecified atom stereocenters. The Kier molecular flexibility index (Phi) is 3.12. The molecule has 3 fully saturated rings. The molecule has 22 heavy (non-hydrogen) atoms. The summed E-state index contributed by atoms with van der Waals surface area (Å²) in [5, 5.41) is 9.44. The predicted molar refractivity (Wildman–Crippen MR) is 87.4 cm³/mol. The van der Waals surface area contributed by atoms with Crippen LogP contribution in [0.15, 0.2) is 23.5 Å². The third-order valence-corrected chi connectivity index (χ3v) is 7.81. The maximum absolute atomic E-state index is 12.7. The molecule has 2 nitrogen and oxygen atoms in total. The highest BCUT2D eigenvalue weighted by Gasteiger charge is 2.59. The summed E-state index contributed by atoms with van der Waals surface area (Å²) in [6.07, 6.45) is 13.1. The zero-order valence-electron chi connectivity index (χ0n) is 13.9. The summed E-state index contributed by atoms with van der Waals surface area (Å²) in [5.41, 5.74) is 2.56. The second-order valence-corrected chi connectivity index (χ2v) is 8.61. The molecule has 0 spiro atoms. The summed E-state index contributed by atoms with van der Waals surface area (Å²) in [6, 6.07) is 0. The predicted octanol–water partition coefficient (Wildman–Crippen LogP) is 4.96. The van der Waals surface area contributed by atoms with Crippen LogP contribution in [0.4, 0.5) is 0 Å². The molecule has 0 saturated heterocycles. The molecule has 4 aliphatic carbocycles. The molecule has 4 aliphatic rings. The van der Waals surface area contributed by atoms with Crippen LogP contribution in [0.5, 0.6) is 0 Å². The van der Waals surface area contributed by atoms with E-state index >= 15 is 0 Å². The van der Waals surface area contributed by atoms with E-state index in [0.717, 1.165) is 31.4 Å². The molecule has 4 rings (SSSR count). The van der Waals surface area contributed by atoms with E-state index in [0.29, 0.717) is 22.8 Å². The van der Waals surface area contributed by atoms with Crippen LogP contribution >= 0.6 is 0 Å². The molecule has 0 aromatic carbocycles. The van der Waals surface area contributed by atoms with E-state index in [4.69, 9.17) is 0 Å². The van der Waals surface area contributed by atoms with Crippen LogP contribution in [0.25, 0.3) is 0 Å². The van der Waals surface area contributed by atoms with E-state index in [2.05, 4.69) is 19.9 Å². The van der Waals surface area contributed by atoms with Gasteiger partial charge in [-0.15, -0.1) is 0 Å². The van der Waals surface area contributed by atoms with Crippen molar-refractivity contribution in [2.24, 2.45) is 28.6 Å². The van der Waals surface area contributed by atoms with Crippen molar-refractivity contribution in [1.29, 1.82) is 0 Å². The normalized spacial score (nSPS) is 49.4. The lowest BCUT2D eigenvalue weighted by molar-refractivity contribution is -0.129. The van der Waals surface area contributed by atoms with E-state index in [-0.39, 0.29) is 11.2 Å². The second-order valence-electron chi connectivity index (χ2n) is 8.61. The number of carbonyl (C=O) groups excluding carboxylic acids is 1. The molecule has 0 radical (unpaired) electrons. The van der Waals surface area contributed by atoms with Gasteiger partial charge in [-0.05, 0) is 68.1 Å². The van der Waals surface area contributed by atoms with Crippen molar-refractivity contribution in [2.45, 2.75) is 65.2 Å². The van der Waals surface area contributed by atoms with Crippen LogP contribution in [0.1, 0.15) is 65.2 Å². The first-order valence-electron chi connectivity index (χ1n) is 9.08. The van der Waals surface area contributed by atoms with Gasteiger partial charge in [-0.2, -0.15) is 0 Å². The summed E-state index contributed by atoms with van der Waals surface area (Å²) in [6.45, 7) is 4.66. The molecule has 2 heteroatoms. The Morgan fingerprint density at radius 3 is 2.77 bits per heavy atom. The molecule has 0 aromatic rings. The lowest BCUT2D eigenvalue weighted by Crippen LogP contribution is -2.49. The highest BCUT2D eigenvalue weighted by Crippen LogP contribution is 2.64. The van der Waals surface area contributed by atoms with Crippen molar-refractivity contribution in [3.05, 3.63) is 23.5 Å².